The Hall–Kier alpha value is -0.180. The van der Waals surface area contributed by atoms with Gasteiger partial charge in [0.25, 0.3) is 0 Å². The molecule has 2 aliphatic rings. The van der Waals surface area contributed by atoms with E-state index in [1.54, 1.807) is 0 Å². The molecule has 2 saturated carbocycles. The van der Waals surface area contributed by atoms with Gasteiger partial charge in [-0.15, -0.1) is 0 Å². The van der Waals surface area contributed by atoms with Crippen LogP contribution in [0.15, 0.2) is 0 Å². The van der Waals surface area contributed by atoms with Gasteiger partial charge in [-0.25, -0.2) is 8.78 Å². The van der Waals surface area contributed by atoms with Crippen molar-refractivity contribution in [1.29, 1.82) is 0 Å². The molecular formula is C10H17F2N. The average Bonchev–Trinajstić information content (AvgIpc) is 2.65. The summed E-state index contributed by atoms with van der Waals surface area (Å²) in [5.41, 5.74) is 5.86. The molecular weight excluding hydrogens is 172 g/mol. The number of nitrogens with two attached hydrogens (primary N) is 1. The number of alkyl halides is 2. The molecule has 2 rings (SSSR count). The summed E-state index contributed by atoms with van der Waals surface area (Å²) in [4.78, 5) is 0. The molecule has 1 nitrogen and oxygen atoms in total. The maximum atomic E-state index is 13.0. The van der Waals surface area contributed by atoms with Gasteiger partial charge in [-0.2, -0.15) is 0 Å². The van der Waals surface area contributed by atoms with E-state index in [0.717, 1.165) is 25.7 Å². The van der Waals surface area contributed by atoms with Crippen LogP contribution in [0.5, 0.6) is 0 Å². The molecule has 1 unspecified atom stereocenters. The lowest BCUT2D eigenvalue weighted by Crippen LogP contribution is -2.32. The predicted molar refractivity (Wildman–Crippen MR) is 47.7 cm³/mol. The Bertz CT molecular complexity index is 197. The van der Waals surface area contributed by atoms with E-state index in [9.17, 15) is 8.78 Å². The third-order valence-electron chi connectivity index (χ3n) is 3.33. The van der Waals surface area contributed by atoms with Crippen molar-refractivity contribution in [2.45, 2.75) is 56.4 Å². The third-order valence-corrected chi connectivity index (χ3v) is 3.33. The number of hydrogen-bond donors (Lipinski definition) is 1. The fourth-order valence-corrected chi connectivity index (χ4v) is 2.39. The summed E-state index contributed by atoms with van der Waals surface area (Å²) >= 11 is 0. The zero-order chi connectivity index (χ0) is 9.53. The van der Waals surface area contributed by atoms with Gasteiger partial charge in [0.1, 0.15) is 0 Å². The van der Waals surface area contributed by atoms with Crippen molar-refractivity contribution in [2.24, 2.45) is 11.7 Å². The number of hydrogen-bond acceptors (Lipinski definition) is 1. The molecule has 0 heterocycles. The summed E-state index contributed by atoms with van der Waals surface area (Å²) in [6.07, 6.45) is 4.68. The van der Waals surface area contributed by atoms with Gasteiger partial charge in [-0.05, 0) is 38.0 Å². The zero-order valence-electron chi connectivity index (χ0n) is 7.86. The minimum absolute atomic E-state index is 0.0575. The van der Waals surface area contributed by atoms with Crippen LogP contribution in [0.3, 0.4) is 0 Å². The topological polar surface area (TPSA) is 26.0 Å². The summed E-state index contributed by atoms with van der Waals surface area (Å²) in [6, 6.07) is 0. The molecule has 0 aromatic heterocycles. The van der Waals surface area contributed by atoms with Crippen molar-refractivity contribution in [3.05, 3.63) is 0 Å². The first-order valence-corrected chi connectivity index (χ1v) is 5.16. The fourth-order valence-electron chi connectivity index (χ4n) is 2.39. The van der Waals surface area contributed by atoms with Crippen molar-refractivity contribution in [3.8, 4) is 0 Å². The van der Waals surface area contributed by atoms with E-state index in [4.69, 9.17) is 5.73 Å². The van der Waals surface area contributed by atoms with Crippen LogP contribution in [0.2, 0.25) is 0 Å². The van der Waals surface area contributed by atoms with Crippen molar-refractivity contribution in [1.82, 2.24) is 0 Å². The molecule has 0 aromatic carbocycles. The number of rotatable bonds is 2. The molecule has 0 aromatic rings. The Kier molecular flexibility index (Phi) is 2.10. The van der Waals surface area contributed by atoms with Crippen LogP contribution in [0.25, 0.3) is 0 Å². The molecule has 0 saturated heterocycles. The molecule has 2 N–H and O–H groups in total. The monoisotopic (exact) mass is 189 g/mol. The van der Waals surface area contributed by atoms with E-state index < -0.39 is 5.92 Å². The maximum absolute atomic E-state index is 13.0. The second-order valence-electron chi connectivity index (χ2n) is 4.88. The normalized spacial score (nSPS) is 35.8. The Morgan fingerprint density at radius 1 is 1.23 bits per heavy atom. The second kappa shape index (κ2) is 2.91. The van der Waals surface area contributed by atoms with E-state index in [0.29, 0.717) is 6.42 Å². The molecule has 76 valence electrons. The Morgan fingerprint density at radius 2 is 1.92 bits per heavy atom. The average molecular weight is 189 g/mol. The van der Waals surface area contributed by atoms with Crippen LogP contribution in [0.1, 0.15) is 44.9 Å². The highest BCUT2D eigenvalue weighted by Crippen LogP contribution is 2.45. The Labute approximate surface area is 77.7 Å². The van der Waals surface area contributed by atoms with E-state index in [1.807, 2.05) is 0 Å². The maximum Gasteiger partial charge on any atom is 0.248 e. The lowest BCUT2D eigenvalue weighted by atomic mass is 9.82. The predicted octanol–water partition coefficient (Wildman–Crippen LogP) is 2.69. The first-order valence-electron chi connectivity index (χ1n) is 5.16. The van der Waals surface area contributed by atoms with E-state index in [-0.39, 0.29) is 24.3 Å². The lowest BCUT2D eigenvalue weighted by Gasteiger charge is -2.30. The van der Waals surface area contributed by atoms with Gasteiger partial charge >= 0.3 is 0 Å². The zero-order valence-corrected chi connectivity index (χ0v) is 7.86. The molecule has 0 bridgehead atoms. The standard InChI is InChI=1S/C10H17F2N/c11-10(12)3-1-2-8(7-10)6-9(13)4-5-9/h8H,1-7,13H2. The number of halogens is 2. The van der Waals surface area contributed by atoms with Crippen LogP contribution in [0.4, 0.5) is 8.78 Å². The van der Waals surface area contributed by atoms with Gasteiger partial charge < -0.3 is 5.73 Å². The lowest BCUT2D eigenvalue weighted by molar-refractivity contribution is -0.0546. The summed E-state index contributed by atoms with van der Waals surface area (Å²) < 4.78 is 26.0. The summed E-state index contributed by atoms with van der Waals surface area (Å²) in [5.74, 6) is -2.23. The van der Waals surface area contributed by atoms with Crippen molar-refractivity contribution < 1.29 is 8.78 Å². The minimum Gasteiger partial charge on any atom is -0.325 e. The van der Waals surface area contributed by atoms with Crippen molar-refractivity contribution >= 4 is 0 Å². The SMILES string of the molecule is NC1(CC2CCCC(F)(F)C2)CC1. The molecule has 13 heavy (non-hydrogen) atoms. The molecule has 0 amide bonds. The van der Waals surface area contributed by atoms with Gasteiger partial charge in [0.2, 0.25) is 5.92 Å². The quantitative estimate of drug-likeness (QED) is 0.710. The van der Waals surface area contributed by atoms with Crippen molar-refractivity contribution in [3.63, 3.8) is 0 Å². The second-order valence-corrected chi connectivity index (χ2v) is 4.88. The largest absolute Gasteiger partial charge is 0.325 e. The Morgan fingerprint density at radius 3 is 2.46 bits per heavy atom. The third kappa shape index (κ3) is 2.39. The van der Waals surface area contributed by atoms with Crippen LogP contribution < -0.4 is 5.73 Å². The molecule has 2 fully saturated rings. The van der Waals surface area contributed by atoms with Crippen molar-refractivity contribution in [2.75, 3.05) is 0 Å². The van der Waals surface area contributed by atoms with E-state index >= 15 is 0 Å². The van der Waals surface area contributed by atoms with Gasteiger partial charge in [0, 0.05) is 18.4 Å². The van der Waals surface area contributed by atoms with Gasteiger partial charge in [0.05, 0.1) is 0 Å². The van der Waals surface area contributed by atoms with E-state index in [2.05, 4.69) is 0 Å². The molecule has 1 atom stereocenters. The highest BCUT2D eigenvalue weighted by molar-refractivity contribution is 5.00. The fraction of sp³-hybridized carbons (Fsp3) is 1.00. The first-order chi connectivity index (χ1) is 5.99. The van der Waals surface area contributed by atoms with Gasteiger partial charge in [0.15, 0.2) is 0 Å². The Balaban J connectivity index is 1.86. The summed E-state index contributed by atoms with van der Waals surface area (Å²) in [5, 5.41) is 0. The van der Waals surface area contributed by atoms with Gasteiger partial charge in [-0.3, -0.25) is 0 Å². The molecule has 0 radical (unpaired) electrons. The van der Waals surface area contributed by atoms with Crippen LogP contribution in [-0.4, -0.2) is 11.5 Å². The van der Waals surface area contributed by atoms with Crippen LogP contribution in [-0.2, 0) is 0 Å². The van der Waals surface area contributed by atoms with Crippen LogP contribution in [0, 0.1) is 5.92 Å². The van der Waals surface area contributed by atoms with Crippen LogP contribution >= 0.6 is 0 Å². The van der Waals surface area contributed by atoms with Gasteiger partial charge in [-0.1, -0.05) is 0 Å². The molecule has 0 aliphatic heterocycles. The molecule has 0 spiro atoms. The minimum atomic E-state index is -2.41. The summed E-state index contributed by atoms with van der Waals surface area (Å²) in [7, 11) is 0. The molecule has 2 aliphatic carbocycles. The smallest absolute Gasteiger partial charge is 0.248 e. The highest BCUT2D eigenvalue weighted by atomic mass is 19.3. The molecule has 3 heteroatoms. The summed E-state index contributed by atoms with van der Waals surface area (Å²) in [6.45, 7) is 0. The first kappa shape index (κ1) is 9.38. The van der Waals surface area contributed by atoms with E-state index in [1.165, 1.54) is 0 Å². The highest BCUT2D eigenvalue weighted by Gasteiger charge is 2.44.